The van der Waals surface area contributed by atoms with Crippen molar-refractivity contribution < 1.29 is 14.3 Å². The number of ether oxygens (including phenoxy) is 2. The van der Waals surface area contributed by atoms with Crippen molar-refractivity contribution in [2.45, 2.75) is 33.4 Å². The van der Waals surface area contributed by atoms with Crippen molar-refractivity contribution in [1.82, 2.24) is 14.9 Å². The van der Waals surface area contributed by atoms with Crippen molar-refractivity contribution in [2.75, 3.05) is 13.7 Å². The third-order valence-electron chi connectivity index (χ3n) is 4.66. The number of aromatic amines is 1. The van der Waals surface area contributed by atoms with Crippen LogP contribution in [0.5, 0.6) is 11.5 Å². The Morgan fingerprint density at radius 3 is 2.68 bits per heavy atom. The van der Waals surface area contributed by atoms with Crippen molar-refractivity contribution in [3.63, 3.8) is 0 Å². The molecule has 7 nitrogen and oxygen atoms in total. The highest BCUT2D eigenvalue weighted by Gasteiger charge is 2.13. The van der Waals surface area contributed by atoms with E-state index in [1.54, 1.807) is 36.3 Å². The lowest BCUT2D eigenvalue weighted by atomic mass is 10.2. The van der Waals surface area contributed by atoms with Gasteiger partial charge in [-0.15, -0.1) is 0 Å². The van der Waals surface area contributed by atoms with Crippen molar-refractivity contribution in [2.24, 2.45) is 0 Å². The predicted molar refractivity (Wildman–Crippen MR) is 121 cm³/mol. The minimum Gasteiger partial charge on any atom is -0.493 e. The molecule has 0 saturated heterocycles. The number of benzene rings is 2. The van der Waals surface area contributed by atoms with Crippen molar-refractivity contribution >= 4 is 22.9 Å². The van der Waals surface area contributed by atoms with Crippen molar-refractivity contribution in [3.05, 3.63) is 70.3 Å². The van der Waals surface area contributed by atoms with Crippen LogP contribution in [0.4, 0.5) is 0 Å². The highest BCUT2D eigenvalue weighted by Crippen LogP contribution is 2.29. The lowest BCUT2D eigenvalue weighted by Crippen LogP contribution is -2.30. The highest BCUT2D eigenvalue weighted by molar-refractivity contribution is 5.91. The fourth-order valence-electron chi connectivity index (χ4n) is 3.15. The standard InChI is InChI=1S/C24H27N3O4/c1-5-27(15-22-25-19-9-7-6-8-18(19)24(29)26-22)23(28)13-11-17-10-12-20(31-16(2)3)21(14-17)30-4/h6-14,16H,5,15H2,1-4H3,(H,25,26,29). The first kappa shape index (κ1) is 22.1. The zero-order valence-electron chi connectivity index (χ0n) is 18.2. The predicted octanol–water partition coefficient (Wildman–Crippen LogP) is 3.78. The summed E-state index contributed by atoms with van der Waals surface area (Å²) in [5.41, 5.74) is 1.21. The van der Waals surface area contributed by atoms with Crippen LogP contribution in [0, 0.1) is 0 Å². The number of fused-ring (bicyclic) bond motifs is 1. The summed E-state index contributed by atoms with van der Waals surface area (Å²) in [6.07, 6.45) is 3.26. The Hall–Kier alpha value is -3.61. The number of likely N-dealkylation sites (N-methyl/N-ethyl adjacent to an activating group) is 1. The summed E-state index contributed by atoms with van der Waals surface area (Å²) in [5, 5.41) is 0.527. The van der Waals surface area contributed by atoms with Crippen LogP contribution in [0.1, 0.15) is 32.2 Å². The van der Waals surface area contributed by atoms with Gasteiger partial charge >= 0.3 is 0 Å². The summed E-state index contributed by atoms with van der Waals surface area (Å²) in [6.45, 7) is 6.46. The van der Waals surface area contributed by atoms with Crippen LogP contribution in [0.2, 0.25) is 0 Å². The lowest BCUT2D eigenvalue weighted by molar-refractivity contribution is -0.126. The molecule has 0 spiro atoms. The molecule has 3 aromatic rings. The topological polar surface area (TPSA) is 84.5 Å². The van der Waals surface area contributed by atoms with Gasteiger partial charge in [0.25, 0.3) is 5.56 Å². The molecule has 0 aliphatic heterocycles. The molecule has 0 radical (unpaired) electrons. The van der Waals surface area contributed by atoms with Crippen LogP contribution in [0.25, 0.3) is 17.0 Å². The van der Waals surface area contributed by atoms with Gasteiger partial charge in [-0.3, -0.25) is 9.59 Å². The number of hydrogen-bond acceptors (Lipinski definition) is 5. The van der Waals surface area contributed by atoms with Crippen LogP contribution in [0.3, 0.4) is 0 Å². The number of para-hydroxylation sites is 1. The van der Waals surface area contributed by atoms with Gasteiger partial charge in [-0.2, -0.15) is 0 Å². The Morgan fingerprint density at radius 1 is 1.19 bits per heavy atom. The zero-order chi connectivity index (χ0) is 22.4. The van der Waals surface area contributed by atoms with Crippen LogP contribution < -0.4 is 15.0 Å². The SMILES string of the molecule is CCN(Cc1nc2ccccc2c(=O)[nH]1)C(=O)C=Cc1ccc(OC(C)C)c(OC)c1. The second-order valence-electron chi connectivity index (χ2n) is 7.29. The number of nitrogens with one attached hydrogen (secondary N) is 1. The summed E-state index contributed by atoms with van der Waals surface area (Å²) in [7, 11) is 1.58. The Morgan fingerprint density at radius 2 is 1.97 bits per heavy atom. The fourth-order valence-corrected chi connectivity index (χ4v) is 3.15. The highest BCUT2D eigenvalue weighted by atomic mass is 16.5. The van der Waals surface area contributed by atoms with E-state index < -0.39 is 0 Å². The van der Waals surface area contributed by atoms with E-state index in [9.17, 15) is 9.59 Å². The molecule has 1 aromatic heterocycles. The van der Waals surface area contributed by atoms with E-state index in [1.807, 2.05) is 45.0 Å². The average molecular weight is 421 g/mol. The number of hydrogen-bond donors (Lipinski definition) is 1. The molecule has 0 aliphatic rings. The molecular weight excluding hydrogens is 394 g/mol. The third-order valence-corrected chi connectivity index (χ3v) is 4.66. The van der Waals surface area contributed by atoms with Crippen LogP contribution in [-0.2, 0) is 11.3 Å². The van der Waals surface area contributed by atoms with E-state index in [0.29, 0.717) is 34.8 Å². The molecular formula is C24H27N3O4. The number of methoxy groups -OCH3 is 1. The Kier molecular flexibility index (Phi) is 7.07. The van der Waals surface area contributed by atoms with Crippen LogP contribution in [-0.4, -0.2) is 40.5 Å². The molecule has 31 heavy (non-hydrogen) atoms. The Bertz CT molecular complexity index is 1150. The fraction of sp³-hybridized carbons (Fsp3) is 0.292. The van der Waals surface area contributed by atoms with E-state index in [0.717, 1.165) is 5.56 Å². The van der Waals surface area contributed by atoms with Gasteiger partial charge in [0, 0.05) is 12.6 Å². The normalized spacial score (nSPS) is 11.3. The maximum atomic E-state index is 12.7. The second-order valence-corrected chi connectivity index (χ2v) is 7.29. The molecule has 0 atom stereocenters. The van der Waals surface area contributed by atoms with Crippen molar-refractivity contribution in [1.29, 1.82) is 0 Å². The number of carbonyl (C=O) groups is 1. The van der Waals surface area contributed by atoms with E-state index in [4.69, 9.17) is 9.47 Å². The van der Waals surface area contributed by atoms with Gasteiger partial charge in [0.1, 0.15) is 5.82 Å². The number of rotatable bonds is 8. The summed E-state index contributed by atoms with van der Waals surface area (Å²) >= 11 is 0. The molecule has 0 saturated carbocycles. The summed E-state index contributed by atoms with van der Waals surface area (Å²) in [6, 6.07) is 12.6. The van der Waals surface area contributed by atoms with Gasteiger partial charge in [0.2, 0.25) is 5.91 Å². The smallest absolute Gasteiger partial charge is 0.258 e. The van der Waals surface area contributed by atoms with Gasteiger partial charge in [0.05, 0.1) is 30.7 Å². The molecule has 1 heterocycles. The van der Waals surface area contributed by atoms with Crippen molar-refractivity contribution in [3.8, 4) is 11.5 Å². The molecule has 162 valence electrons. The number of carbonyl (C=O) groups excluding carboxylic acids is 1. The quantitative estimate of drug-likeness (QED) is 0.560. The maximum absolute atomic E-state index is 12.7. The molecule has 2 aromatic carbocycles. The van der Waals surface area contributed by atoms with Gasteiger partial charge in [-0.05, 0) is 56.7 Å². The molecule has 0 aliphatic carbocycles. The first-order valence-electron chi connectivity index (χ1n) is 10.2. The molecule has 3 rings (SSSR count). The largest absolute Gasteiger partial charge is 0.493 e. The molecule has 0 unspecified atom stereocenters. The first-order chi connectivity index (χ1) is 14.9. The molecule has 7 heteroatoms. The Labute approximate surface area is 181 Å². The van der Waals surface area contributed by atoms with E-state index >= 15 is 0 Å². The monoisotopic (exact) mass is 421 g/mol. The van der Waals surface area contributed by atoms with Gasteiger partial charge < -0.3 is 19.4 Å². The minimum absolute atomic E-state index is 0.0325. The molecule has 0 fully saturated rings. The third kappa shape index (κ3) is 5.51. The van der Waals surface area contributed by atoms with Gasteiger partial charge in [0.15, 0.2) is 11.5 Å². The number of aromatic nitrogens is 2. The number of H-pyrrole nitrogens is 1. The van der Waals surface area contributed by atoms with Crippen LogP contribution in [0.15, 0.2) is 53.3 Å². The summed E-state index contributed by atoms with van der Waals surface area (Å²) in [5.74, 6) is 1.53. The lowest BCUT2D eigenvalue weighted by Gasteiger charge is -2.18. The molecule has 1 amide bonds. The van der Waals surface area contributed by atoms with E-state index in [1.165, 1.54) is 6.08 Å². The molecule has 1 N–H and O–H groups in total. The first-order valence-corrected chi connectivity index (χ1v) is 10.2. The second kappa shape index (κ2) is 9.93. The maximum Gasteiger partial charge on any atom is 0.258 e. The van der Waals surface area contributed by atoms with Crippen LogP contribution >= 0.6 is 0 Å². The zero-order valence-corrected chi connectivity index (χ0v) is 18.2. The summed E-state index contributed by atoms with van der Waals surface area (Å²) in [4.78, 5) is 33.9. The van der Waals surface area contributed by atoms with E-state index in [-0.39, 0.29) is 24.1 Å². The minimum atomic E-state index is -0.213. The van der Waals surface area contributed by atoms with Gasteiger partial charge in [-0.1, -0.05) is 18.2 Å². The summed E-state index contributed by atoms with van der Waals surface area (Å²) < 4.78 is 11.1. The number of nitrogens with zero attached hydrogens (tertiary/aromatic N) is 2. The Balaban J connectivity index is 1.75. The van der Waals surface area contributed by atoms with Gasteiger partial charge in [-0.25, -0.2) is 4.98 Å². The average Bonchev–Trinajstić information content (AvgIpc) is 2.76. The molecule has 0 bridgehead atoms. The number of amides is 1. The van der Waals surface area contributed by atoms with E-state index in [2.05, 4.69) is 9.97 Å².